The van der Waals surface area contributed by atoms with E-state index in [1.165, 1.54) is 51.6 Å². The standard InChI is InChI=1S/C12H24N2/c1-2-10-5-7-14(8-6-10)12-4-3-11(13)9-12/h10-12H,2-9,13H2,1H3. The minimum Gasteiger partial charge on any atom is -0.328 e. The van der Waals surface area contributed by atoms with E-state index in [0.717, 1.165) is 12.0 Å². The zero-order valence-corrected chi connectivity index (χ0v) is 9.41. The summed E-state index contributed by atoms with van der Waals surface area (Å²) in [5.41, 5.74) is 5.96. The first-order valence-electron chi connectivity index (χ1n) is 6.29. The first-order valence-corrected chi connectivity index (χ1v) is 6.29. The van der Waals surface area contributed by atoms with Crippen LogP contribution in [0, 0.1) is 5.92 Å². The van der Waals surface area contributed by atoms with Gasteiger partial charge in [0.05, 0.1) is 0 Å². The first-order chi connectivity index (χ1) is 6.79. The Morgan fingerprint density at radius 3 is 2.36 bits per heavy atom. The molecular formula is C12H24N2. The van der Waals surface area contributed by atoms with Crippen molar-refractivity contribution in [1.29, 1.82) is 0 Å². The molecule has 0 spiro atoms. The summed E-state index contributed by atoms with van der Waals surface area (Å²) in [6.07, 6.45) is 8.05. The van der Waals surface area contributed by atoms with Gasteiger partial charge in [0.15, 0.2) is 0 Å². The third-order valence-corrected chi connectivity index (χ3v) is 4.19. The van der Waals surface area contributed by atoms with Gasteiger partial charge in [-0.05, 0) is 51.1 Å². The highest BCUT2D eigenvalue weighted by molar-refractivity contribution is 4.86. The van der Waals surface area contributed by atoms with Gasteiger partial charge in [-0.1, -0.05) is 13.3 Å². The second kappa shape index (κ2) is 4.63. The lowest BCUT2D eigenvalue weighted by molar-refractivity contribution is 0.132. The highest BCUT2D eigenvalue weighted by Gasteiger charge is 2.29. The van der Waals surface area contributed by atoms with Crippen molar-refractivity contribution in [3.63, 3.8) is 0 Å². The molecule has 1 saturated heterocycles. The van der Waals surface area contributed by atoms with Gasteiger partial charge in [-0.15, -0.1) is 0 Å². The van der Waals surface area contributed by atoms with Crippen molar-refractivity contribution in [2.24, 2.45) is 11.7 Å². The summed E-state index contributed by atoms with van der Waals surface area (Å²) in [4.78, 5) is 2.69. The van der Waals surface area contributed by atoms with Gasteiger partial charge in [0.1, 0.15) is 0 Å². The molecule has 0 amide bonds. The van der Waals surface area contributed by atoms with E-state index in [0.29, 0.717) is 6.04 Å². The monoisotopic (exact) mass is 196 g/mol. The molecule has 2 N–H and O–H groups in total. The molecule has 0 aromatic heterocycles. The maximum Gasteiger partial charge on any atom is 0.0111 e. The highest BCUT2D eigenvalue weighted by atomic mass is 15.2. The van der Waals surface area contributed by atoms with E-state index >= 15 is 0 Å². The molecule has 0 radical (unpaired) electrons. The molecule has 2 unspecified atom stereocenters. The smallest absolute Gasteiger partial charge is 0.0111 e. The molecule has 1 saturated carbocycles. The fraction of sp³-hybridized carbons (Fsp3) is 1.00. The van der Waals surface area contributed by atoms with Gasteiger partial charge in [0.2, 0.25) is 0 Å². The van der Waals surface area contributed by atoms with Crippen LogP contribution >= 0.6 is 0 Å². The molecule has 1 aliphatic heterocycles. The average molecular weight is 196 g/mol. The third-order valence-electron chi connectivity index (χ3n) is 4.19. The van der Waals surface area contributed by atoms with Crippen molar-refractivity contribution in [3.8, 4) is 0 Å². The van der Waals surface area contributed by atoms with E-state index in [1.807, 2.05) is 0 Å². The fourth-order valence-corrected chi connectivity index (χ4v) is 3.05. The molecule has 2 heteroatoms. The van der Waals surface area contributed by atoms with Crippen molar-refractivity contribution in [2.45, 2.75) is 57.5 Å². The molecule has 14 heavy (non-hydrogen) atoms. The Hall–Kier alpha value is -0.0800. The van der Waals surface area contributed by atoms with Crippen LogP contribution < -0.4 is 5.73 Å². The molecule has 1 aliphatic carbocycles. The zero-order chi connectivity index (χ0) is 9.97. The van der Waals surface area contributed by atoms with Crippen LogP contribution in [0.3, 0.4) is 0 Å². The molecule has 0 bridgehead atoms. The van der Waals surface area contributed by atoms with E-state index in [-0.39, 0.29) is 0 Å². The van der Waals surface area contributed by atoms with Gasteiger partial charge in [0.25, 0.3) is 0 Å². The number of rotatable bonds is 2. The van der Waals surface area contributed by atoms with Crippen molar-refractivity contribution < 1.29 is 0 Å². The van der Waals surface area contributed by atoms with Crippen molar-refractivity contribution in [3.05, 3.63) is 0 Å². The minimum absolute atomic E-state index is 0.490. The number of nitrogens with two attached hydrogens (primary N) is 1. The van der Waals surface area contributed by atoms with Crippen LogP contribution in [-0.4, -0.2) is 30.1 Å². The van der Waals surface area contributed by atoms with Gasteiger partial charge in [-0.3, -0.25) is 0 Å². The average Bonchev–Trinajstić information content (AvgIpc) is 2.65. The summed E-state index contributed by atoms with van der Waals surface area (Å²) in [5, 5.41) is 0. The van der Waals surface area contributed by atoms with Crippen LogP contribution in [0.1, 0.15) is 45.4 Å². The van der Waals surface area contributed by atoms with Crippen molar-refractivity contribution in [1.82, 2.24) is 4.90 Å². The Balaban J connectivity index is 1.78. The van der Waals surface area contributed by atoms with Crippen LogP contribution in [0.4, 0.5) is 0 Å². The molecular weight excluding hydrogens is 172 g/mol. The number of hydrogen-bond acceptors (Lipinski definition) is 2. The summed E-state index contributed by atoms with van der Waals surface area (Å²) in [6, 6.07) is 1.31. The van der Waals surface area contributed by atoms with E-state index in [9.17, 15) is 0 Å². The van der Waals surface area contributed by atoms with Crippen LogP contribution in [0.2, 0.25) is 0 Å². The second-order valence-electron chi connectivity index (χ2n) is 5.11. The van der Waals surface area contributed by atoms with Gasteiger partial charge in [-0.25, -0.2) is 0 Å². The molecule has 2 aliphatic rings. The quantitative estimate of drug-likeness (QED) is 0.732. The fourth-order valence-electron chi connectivity index (χ4n) is 3.05. The predicted molar refractivity (Wildman–Crippen MR) is 60.2 cm³/mol. The van der Waals surface area contributed by atoms with Crippen LogP contribution in [0.5, 0.6) is 0 Å². The highest BCUT2D eigenvalue weighted by Crippen LogP contribution is 2.28. The first kappa shape index (κ1) is 10.4. The maximum absolute atomic E-state index is 5.96. The topological polar surface area (TPSA) is 29.3 Å². The Bertz CT molecular complexity index is 173. The Morgan fingerprint density at radius 2 is 1.86 bits per heavy atom. The molecule has 82 valence electrons. The lowest BCUT2D eigenvalue weighted by atomic mass is 9.93. The van der Waals surface area contributed by atoms with E-state index in [1.54, 1.807) is 0 Å². The normalized spacial score (nSPS) is 36.4. The van der Waals surface area contributed by atoms with E-state index in [2.05, 4.69) is 11.8 Å². The molecule has 0 aromatic rings. The summed E-state index contributed by atoms with van der Waals surface area (Å²) in [7, 11) is 0. The second-order valence-corrected chi connectivity index (χ2v) is 5.11. The van der Waals surface area contributed by atoms with Gasteiger partial charge >= 0.3 is 0 Å². The maximum atomic E-state index is 5.96. The van der Waals surface area contributed by atoms with Gasteiger partial charge in [0, 0.05) is 12.1 Å². The Kier molecular flexibility index (Phi) is 3.45. The summed E-state index contributed by atoms with van der Waals surface area (Å²) >= 11 is 0. The summed E-state index contributed by atoms with van der Waals surface area (Å²) < 4.78 is 0. The molecule has 2 rings (SSSR count). The lowest BCUT2D eigenvalue weighted by Gasteiger charge is -2.35. The number of likely N-dealkylation sites (tertiary alicyclic amines) is 1. The van der Waals surface area contributed by atoms with Crippen molar-refractivity contribution >= 4 is 0 Å². The predicted octanol–water partition coefficient (Wildman–Crippen LogP) is 1.99. The third kappa shape index (κ3) is 2.29. The molecule has 2 nitrogen and oxygen atoms in total. The number of nitrogens with zero attached hydrogens (tertiary/aromatic N) is 1. The van der Waals surface area contributed by atoms with Gasteiger partial charge in [-0.2, -0.15) is 0 Å². The molecule has 2 fully saturated rings. The van der Waals surface area contributed by atoms with Crippen molar-refractivity contribution in [2.75, 3.05) is 13.1 Å². The lowest BCUT2D eigenvalue weighted by Crippen LogP contribution is -2.40. The molecule has 0 aromatic carbocycles. The van der Waals surface area contributed by atoms with Crippen LogP contribution in [-0.2, 0) is 0 Å². The summed E-state index contributed by atoms with van der Waals surface area (Å²) in [6.45, 7) is 4.98. The molecule has 2 atom stereocenters. The van der Waals surface area contributed by atoms with Crippen LogP contribution in [0.15, 0.2) is 0 Å². The zero-order valence-electron chi connectivity index (χ0n) is 9.41. The minimum atomic E-state index is 0.490. The van der Waals surface area contributed by atoms with Gasteiger partial charge < -0.3 is 10.6 Å². The van der Waals surface area contributed by atoms with E-state index in [4.69, 9.17) is 5.73 Å². The Labute approximate surface area is 87.8 Å². The van der Waals surface area contributed by atoms with E-state index < -0.39 is 0 Å². The Morgan fingerprint density at radius 1 is 1.14 bits per heavy atom. The number of hydrogen-bond donors (Lipinski definition) is 1. The molecule has 1 heterocycles. The summed E-state index contributed by atoms with van der Waals surface area (Å²) in [5.74, 6) is 1.00. The van der Waals surface area contributed by atoms with Crippen LogP contribution in [0.25, 0.3) is 0 Å². The SMILES string of the molecule is CCC1CCN(C2CCC(N)C2)CC1. The number of piperidine rings is 1. The largest absolute Gasteiger partial charge is 0.328 e.